The molecule has 0 saturated heterocycles. The van der Waals surface area contributed by atoms with E-state index in [4.69, 9.17) is 5.26 Å². The Balaban J connectivity index is 0. The van der Waals surface area contributed by atoms with Crippen LogP contribution in [0.5, 0.6) is 0 Å². The maximum Gasteiger partial charge on any atom is 0.126 e. The van der Waals surface area contributed by atoms with Crippen LogP contribution in [0, 0.1) is 11.3 Å². The Bertz CT molecular complexity index is 205. The summed E-state index contributed by atoms with van der Waals surface area (Å²) in [5.41, 5.74) is 0. The van der Waals surface area contributed by atoms with Crippen LogP contribution in [0.1, 0.15) is 20.8 Å². The fourth-order valence-corrected chi connectivity index (χ4v) is 0.385. The Hall–Kier alpha value is -1.62. The van der Waals surface area contributed by atoms with Crippen molar-refractivity contribution in [1.29, 1.82) is 5.26 Å². The number of rotatable bonds is 0. The van der Waals surface area contributed by atoms with Crippen LogP contribution in [-0.4, -0.2) is 5.78 Å². The van der Waals surface area contributed by atoms with E-state index >= 15 is 0 Å². The topological polar surface area (TPSA) is 40.9 Å². The minimum Gasteiger partial charge on any atom is -0.300 e. The molecule has 1 rings (SSSR count). The molecule has 0 heterocycles. The Kier molecular flexibility index (Phi) is 13.9. The zero-order valence-electron chi connectivity index (χ0n) is 8.32. The zero-order chi connectivity index (χ0) is 10.5. The fraction of sp³-hybridized carbons (Fsp3) is 0.273. The lowest BCUT2D eigenvalue weighted by Crippen LogP contribution is -1.69. The van der Waals surface area contributed by atoms with Crippen LogP contribution in [0.4, 0.5) is 0 Å². The van der Waals surface area contributed by atoms with E-state index in [0.29, 0.717) is 0 Å². The first kappa shape index (κ1) is 13.9. The summed E-state index contributed by atoms with van der Waals surface area (Å²) in [6.45, 7) is 4.49. The molecule has 0 atom stereocenters. The molecule has 2 heteroatoms. The summed E-state index contributed by atoms with van der Waals surface area (Å²) in [5, 5.41) is 7.32. The van der Waals surface area contributed by atoms with Crippen LogP contribution in [-0.2, 0) is 4.79 Å². The van der Waals surface area contributed by atoms with Crippen molar-refractivity contribution in [2.24, 2.45) is 0 Å². The number of Topliss-reactive ketones (excluding diaryl/α,β-unsaturated/α-hetero) is 1. The maximum atomic E-state index is 9.44. The first-order chi connectivity index (χ1) is 6.15. The number of carbonyl (C=O) groups excluding carboxylic acids is 1. The first-order valence-electron chi connectivity index (χ1n) is 3.93. The molecule has 0 bridgehead atoms. The lowest BCUT2D eigenvalue weighted by molar-refractivity contribution is -0.114. The molecule has 0 radical (unpaired) electrons. The summed E-state index contributed by atoms with van der Waals surface area (Å²) < 4.78 is 0. The standard InChI is InChI=1S/C6H6.C3H6O.C2H3N/c1-2-4-6-5-3-1;1-3(2)4;1-2-3/h1-6H;1-2H3;1H3. The van der Waals surface area contributed by atoms with Crippen LogP contribution in [0.15, 0.2) is 36.4 Å². The number of ketones is 1. The quantitative estimate of drug-likeness (QED) is 0.611. The molecule has 0 aliphatic carbocycles. The molecule has 0 saturated carbocycles. The van der Waals surface area contributed by atoms with Gasteiger partial charge in [-0.2, -0.15) is 5.26 Å². The average molecular weight is 177 g/mol. The Morgan fingerprint density at radius 2 is 1.08 bits per heavy atom. The molecule has 0 spiro atoms. The maximum absolute atomic E-state index is 9.44. The molecule has 1 aromatic rings. The second-order valence-corrected chi connectivity index (χ2v) is 2.29. The van der Waals surface area contributed by atoms with Gasteiger partial charge in [-0.1, -0.05) is 36.4 Å². The Labute approximate surface area is 79.8 Å². The zero-order valence-corrected chi connectivity index (χ0v) is 8.32. The summed E-state index contributed by atoms with van der Waals surface area (Å²) in [6, 6.07) is 13.8. The Morgan fingerprint density at radius 3 is 1.15 bits per heavy atom. The van der Waals surface area contributed by atoms with E-state index in [1.807, 2.05) is 36.4 Å². The van der Waals surface area contributed by atoms with E-state index in [9.17, 15) is 4.79 Å². The van der Waals surface area contributed by atoms with E-state index in [1.165, 1.54) is 20.8 Å². The number of hydrogen-bond donors (Lipinski definition) is 0. The number of nitrogens with zero attached hydrogens (tertiary/aromatic N) is 1. The Morgan fingerprint density at radius 1 is 1.00 bits per heavy atom. The molecule has 0 N–H and O–H groups in total. The molecule has 0 amide bonds. The van der Waals surface area contributed by atoms with Gasteiger partial charge in [0.15, 0.2) is 0 Å². The third kappa shape index (κ3) is 38.0. The van der Waals surface area contributed by atoms with Crippen molar-refractivity contribution in [1.82, 2.24) is 0 Å². The molecule has 0 unspecified atom stereocenters. The summed E-state index contributed by atoms with van der Waals surface area (Å²) in [7, 11) is 0. The molecule has 70 valence electrons. The van der Waals surface area contributed by atoms with Crippen molar-refractivity contribution in [2.45, 2.75) is 20.8 Å². The third-order valence-electron chi connectivity index (χ3n) is 0.667. The van der Waals surface area contributed by atoms with Gasteiger partial charge < -0.3 is 4.79 Å². The molecule has 0 fully saturated rings. The molecule has 0 aliphatic heterocycles. The van der Waals surface area contributed by atoms with E-state index in [1.54, 1.807) is 6.07 Å². The van der Waals surface area contributed by atoms with E-state index in [2.05, 4.69) is 0 Å². The van der Waals surface area contributed by atoms with Crippen LogP contribution in [0.25, 0.3) is 0 Å². The van der Waals surface area contributed by atoms with Gasteiger partial charge >= 0.3 is 0 Å². The number of benzene rings is 1. The van der Waals surface area contributed by atoms with Crippen LogP contribution in [0.2, 0.25) is 0 Å². The van der Waals surface area contributed by atoms with Crippen molar-refractivity contribution < 1.29 is 4.79 Å². The average Bonchev–Trinajstić information content (AvgIpc) is 2.08. The normalized spacial score (nSPS) is 6.31. The molecule has 1 aromatic carbocycles. The number of nitriles is 1. The highest BCUT2D eigenvalue weighted by Gasteiger charge is 1.62. The van der Waals surface area contributed by atoms with Gasteiger partial charge in [0.2, 0.25) is 0 Å². The van der Waals surface area contributed by atoms with Crippen molar-refractivity contribution >= 4 is 5.78 Å². The van der Waals surface area contributed by atoms with Crippen molar-refractivity contribution in [3.05, 3.63) is 36.4 Å². The second kappa shape index (κ2) is 13.0. The fourth-order valence-electron chi connectivity index (χ4n) is 0.385. The highest BCUT2D eigenvalue weighted by Crippen LogP contribution is 1.79. The highest BCUT2D eigenvalue weighted by molar-refractivity contribution is 5.72. The molecule has 0 aliphatic rings. The van der Waals surface area contributed by atoms with E-state index in [0.717, 1.165) is 0 Å². The van der Waals surface area contributed by atoms with E-state index < -0.39 is 0 Å². The highest BCUT2D eigenvalue weighted by atomic mass is 16.1. The number of carbonyl (C=O) groups is 1. The van der Waals surface area contributed by atoms with Gasteiger partial charge in [-0.15, -0.1) is 0 Å². The van der Waals surface area contributed by atoms with Gasteiger partial charge in [0.25, 0.3) is 0 Å². The molecular weight excluding hydrogens is 162 g/mol. The van der Waals surface area contributed by atoms with Gasteiger partial charge in [0.1, 0.15) is 5.78 Å². The van der Waals surface area contributed by atoms with Gasteiger partial charge in [-0.25, -0.2) is 0 Å². The molecular formula is C11H15NO. The van der Waals surface area contributed by atoms with E-state index in [-0.39, 0.29) is 5.78 Å². The minimum atomic E-state index is 0.167. The largest absolute Gasteiger partial charge is 0.300 e. The number of hydrogen-bond acceptors (Lipinski definition) is 2. The first-order valence-corrected chi connectivity index (χ1v) is 3.93. The molecule has 2 nitrogen and oxygen atoms in total. The summed E-state index contributed by atoms with van der Waals surface area (Å²) in [6.07, 6.45) is 0. The monoisotopic (exact) mass is 177 g/mol. The third-order valence-corrected chi connectivity index (χ3v) is 0.667. The predicted octanol–water partition coefficient (Wildman–Crippen LogP) is 2.81. The van der Waals surface area contributed by atoms with Crippen LogP contribution < -0.4 is 0 Å². The van der Waals surface area contributed by atoms with Gasteiger partial charge in [0.05, 0.1) is 6.07 Å². The second-order valence-electron chi connectivity index (χ2n) is 2.29. The minimum absolute atomic E-state index is 0.167. The van der Waals surface area contributed by atoms with Gasteiger partial charge in [-0.3, -0.25) is 0 Å². The van der Waals surface area contributed by atoms with Gasteiger partial charge in [-0.05, 0) is 13.8 Å². The summed E-state index contributed by atoms with van der Waals surface area (Å²) in [5.74, 6) is 0.167. The molecule has 13 heavy (non-hydrogen) atoms. The van der Waals surface area contributed by atoms with Gasteiger partial charge in [0, 0.05) is 6.92 Å². The van der Waals surface area contributed by atoms with Crippen LogP contribution in [0.3, 0.4) is 0 Å². The smallest absolute Gasteiger partial charge is 0.126 e. The van der Waals surface area contributed by atoms with Crippen molar-refractivity contribution in [3.8, 4) is 6.07 Å². The van der Waals surface area contributed by atoms with Crippen molar-refractivity contribution in [2.75, 3.05) is 0 Å². The lowest BCUT2D eigenvalue weighted by Gasteiger charge is -1.69. The lowest BCUT2D eigenvalue weighted by atomic mass is 10.4. The predicted molar refractivity (Wildman–Crippen MR) is 54.1 cm³/mol. The van der Waals surface area contributed by atoms with Crippen molar-refractivity contribution in [3.63, 3.8) is 0 Å². The molecule has 0 aromatic heterocycles. The summed E-state index contributed by atoms with van der Waals surface area (Å²) in [4.78, 5) is 9.44. The van der Waals surface area contributed by atoms with Crippen LogP contribution >= 0.6 is 0 Å². The summed E-state index contributed by atoms with van der Waals surface area (Å²) >= 11 is 0. The SMILES string of the molecule is CC#N.CC(C)=O.c1ccccc1.